The Bertz CT molecular complexity index is 177. The van der Waals surface area contributed by atoms with Gasteiger partial charge in [-0.05, 0) is 43.4 Å². The molecule has 0 aromatic carbocycles. The molecule has 1 atom stereocenters. The Labute approximate surface area is 101 Å². The number of rotatable bonds is 9. The first-order valence-corrected chi connectivity index (χ1v) is 6.93. The number of hydrogen-bond donors (Lipinski definition) is 1. The summed E-state index contributed by atoms with van der Waals surface area (Å²) in [5.74, 6) is 0.878. The van der Waals surface area contributed by atoms with Crippen LogP contribution in [0.5, 0.6) is 0 Å². The summed E-state index contributed by atoms with van der Waals surface area (Å²) in [5.41, 5.74) is 0.501. The largest absolute Gasteiger partial charge is 0.383 e. The summed E-state index contributed by atoms with van der Waals surface area (Å²) >= 11 is 0. The van der Waals surface area contributed by atoms with Crippen LogP contribution in [0, 0.1) is 11.3 Å². The zero-order valence-corrected chi connectivity index (χ0v) is 11.5. The minimum Gasteiger partial charge on any atom is -0.383 e. The quantitative estimate of drug-likeness (QED) is 0.653. The first kappa shape index (κ1) is 14.0. The van der Waals surface area contributed by atoms with E-state index in [0.29, 0.717) is 11.5 Å². The second-order valence-electron chi connectivity index (χ2n) is 5.34. The maximum Gasteiger partial charge on any atom is 0.0618 e. The molecule has 0 bridgehead atoms. The van der Waals surface area contributed by atoms with E-state index in [-0.39, 0.29) is 0 Å². The van der Waals surface area contributed by atoms with E-state index in [2.05, 4.69) is 26.1 Å². The highest BCUT2D eigenvalue weighted by atomic mass is 16.5. The molecule has 96 valence electrons. The maximum atomic E-state index is 5.31. The third-order valence-corrected chi connectivity index (χ3v) is 4.53. The second kappa shape index (κ2) is 6.61. The van der Waals surface area contributed by atoms with E-state index < -0.39 is 0 Å². The van der Waals surface area contributed by atoms with Gasteiger partial charge < -0.3 is 10.1 Å². The van der Waals surface area contributed by atoms with Crippen molar-refractivity contribution >= 4 is 0 Å². The number of methoxy groups -OCH3 is 1. The van der Waals surface area contributed by atoms with Crippen LogP contribution in [-0.2, 0) is 4.74 Å². The summed E-state index contributed by atoms with van der Waals surface area (Å²) in [5, 5.41) is 3.75. The van der Waals surface area contributed by atoms with Gasteiger partial charge in [0.2, 0.25) is 0 Å². The zero-order valence-electron chi connectivity index (χ0n) is 11.5. The van der Waals surface area contributed by atoms with Crippen LogP contribution >= 0.6 is 0 Å². The highest BCUT2D eigenvalue weighted by Gasteiger charge is 2.33. The Kier molecular flexibility index (Phi) is 5.77. The molecule has 16 heavy (non-hydrogen) atoms. The molecule has 1 saturated carbocycles. The van der Waals surface area contributed by atoms with Crippen molar-refractivity contribution < 1.29 is 4.74 Å². The predicted molar refractivity (Wildman–Crippen MR) is 69.7 cm³/mol. The minimum absolute atomic E-state index is 0.501. The van der Waals surface area contributed by atoms with Crippen molar-refractivity contribution in [1.29, 1.82) is 0 Å². The first-order chi connectivity index (χ1) is 7.71. The molecule has 1 N–H and O–H groups in total. The fraction of sp³-hybridized carbons (Fsp3) is 1.00. The topological polar surface area (TPSA) is 21.3 Å². The normalized spacial score (nSPS) is 18.8. The third-order valence-electron chi connectivity index (χ3n) is 4.53. The van der Waals surface area contributed by atoms with Gasteiger partial charge in [0.15, 0.2) is 0 Å². The fourth-order valence-electron chi connectivity index (χ4n) is 2.51. The summed E-state index contributed by atoms with van der Waals surface area (Å²) in [4.78, 5) is 0. The van der Waals surface area contributed by atoms with Gasteiger partial charge in [-0.2, -0.15) is 0 Å². The van der Waals surface area contributed by atoms with Crippen molar-refractivity contribution in [2.45, 2.75) is 58.9 Å². The molecular weight excluding hydrogens is 198 g/mol. The van der Waals surface area contributed by atoms with E-state index in [9.17, 15) is 0 Å². The molecule has 1 rings (SSSR count). The van der Waals surface area contributed by atoms with Gasteiger partial charge in [-0.15, -0.1) is 0 Å². The molecule has 0 aromatic heterocycles. The van der Waals surface area contributed by atoms with Gasteiger partial charge in [-0.1, -0.05) is 20.8 Å². The van der Waals surface area contributed by atoms with Crippen molar-refractivity contribution in [2.75, 3.05) is 20.3 Å². The predicted octanol–water partition coefficient (Wildman–Crippen LogP) is 3.22. The van der Waals surface area contributed by atoms with Gasteiger partial charge in [-0.25, -0.2) is 0 Å². The monoisotopic (exact) mass is 227 g/mol. The Hall–Kier alpha value is -0.0800. The SMILES string of the molecule is CCC(CC)(CC)CNC(COC)C1CC1. The summed E-state index contributed by atoms with van der Waals surface area (Å²) in [6.45, 7) is 8.98. The molecule has 1 fully saturated rings. The lowest BCUT2D eigenvalue weighted by Gasteiger charge is -2.33. The molecular formula is C14H29NO. The van der Waals surface area contributed by atoms with Crippen LogP contribution in [0.15, 0.2) is 0 Å². The van der Waals surface area contributed by atoms with Gasteiger partial charge in [-0.3, -0.25) is 0 Å². The molecule has 0 spiro atoms. The lowest BCUT2D eigenvalue weighted by molar-refractivity contribution is 0.141. The molecule has 0 heterocycles. The van der Waals surface area contributed by atoms with Crippen molar-refractivity contribution in [3.63, 3.8) is 0 Å². The molecule has 2 heteroatoms. The van der Waals surface area contributed by atoms with Crippen LogP contribution in [0.4, 0.5) is 0 Å². The van der Waals surface area contributed by atoms with Crippen molar-refractivity contribution in [3.05, 3.63) is 0 Å². The molecule has 0 radical (unpaired) electrons. The van der Waals surface area contributed by atoms with Gasteiger partial charge in [0.25, 0.3) is 0 Å². The van der Waals surface area contributed by atoms with Crippen molar-refractivity contribution in [1.82, 2.24) is 5.32 Å². The van der Waals surface area contributed by atoms with E-state index in [4.69, 9.17) is 4.74 Å². The molecule has 1 unspecified atom stereocenters. The van der Waals surface area contributed by atoms with E-state index in [1.807, 2.05) is 7.11 Å². The Morgan fingerprint density at radius 1 is 1.19 bits per heavy atom. The Morgan fingerprint density at radius 2 is 1.75 bits per heavy atom. The molecule has 2 nitrogen and oxygen atoms in total. The second-order valence-corrected chi connectivity index (χ2v) is 5.34. The lowest BCUT2D eigenvalue weighted by Crippen LogP contribution is -2.42. The molecule has 0 aromatic rings. The van der Waals surface area contributed by atoms with Gasteiger partial charge in [0, 0.05) is 19.7 Å². The minimum atomic E-state index is 0.501. The van der Waals surface area contributed by atoms with Crippen LogP contribution in [0.3, 0.4) is 0 Å². The molecule has 0 aliphatic heterocycles. The molecule has 0 saturated heterocycles. The van der Waals surface area contributed by atoms with E-state index >= 15 is 0 Å². The summed E-state index contributed by atoms with van der Waals surface area (Å²) in [7, 11) is 1.81. The average molecular weight is 227 g/mol. The molecule has 0 amide bonds. The van der Waals surface area contributed by atoms with Gasteiger partial charge in [0.05, 0.1) is 6.61 Å². The molecule has 1 aliphatic carbocycles. The Balaban J connectivity index is 2.39. The lowest BCUT2D eigenvalue weighted by atomic mass is 9.79. The van der Waals surface area contributed by atoms with Gasteiger partial charge >= 0.3 is 0 Å². The van der Waals surface area contributed by atoms with Crippen LogP contribution < -0.4 is 5.32 Å². The number of hydrogen-bond acceptors (Lipinski definition) is 2. The van der Waals surface area contributed by atoms with E-state index in [0.717, 1.165) is 19.1 Å². The highest BCUT2D eigenvalue weighted by Crippen LogP contribution is 2.34. The first-order valence-electron chi connectivity index (χ1n) is 6.93. The fourth-order valence-corrected chi connectivity index (χ4v) is 2.51. The van der Waals surface area contributed by atoms with Crippen LogP contribution in [0.2, 0.25) is 0 Å². The zero-order chi connectivity index (χ0) is 12.0. The average Bonchev–Trinajstić information content (AvgIpc) is 3.14. The van der Waals surface area contributed by atoms with E-state index in [1.54, 1.807) is 0 Å². The summed E-state index contributed by atoms with van der Waals surface area (Å²) in [6, 6.07) is 0.592. The van der Waals surface area contributed by atoms with Gasteiger partial charge in [0.1, 0.15) is 0 Å². The summed E-state index contributed by atoms with van der Waals surface area (Å²) < 4.78 is 5.31. The third kappa shape index (κ3) is 3.74. The van der Waals surface area contributed by atoms with Crippen LogP contribution in [0.1, 0.15) is 52.9 Å². The molecule has 1 aliphatic rings. The van der Waals surface area contributed by atoms with Crippen LogP contribution in [-0.4, -0.2) is 26.3 Å². The Morgan fingerprint density at radius 3 is 2.12 bits per heavy atom. The maximum absolute atomic E-state index is 5.31. The highest BCUT2D eigenvalue weighted by molar-refractivity contribution is 4.88. The standard InChI is InChI=1S/C14H29NO/c1-5-14(6-2,7-3)11-15-13(10-16-4)12-8-9-12/h12-13,15H,5-11H2,1-4H3. The van der Waals surface area contributed by atoms with Crippen LogP contribution in [0.25, 0.3) is 0 Å². The van der Waals surface area contributed by atoms with E-state index in [1.165, 1.54) is 32.1 Å². The summed E-state index contributed by atoms with van der Waals surface area (Å²) in [6.07, 6.45) is 6.60. The smallest absolute Gasteiger partial charge is 0.0618 e. The van der Waals surface area contributed by atoms with Crippen molar-refractivity contribution in [3.8, 4) is 0 Å². The number of ether oxygens (including phenoxy) is 1. The number of nitrogens with one attached hydrogen (secondary N) is 1. The van der Waals surface area contributed by atoms with Crippen molar-refractivity contribution in [2.24, 2.45) is 11.3 Å².